The minimum atomic E-state index is -0.268. The predicted molar refractivity (Wildman–Crippen MR) is 127 cm³/mol. The highest BCUT2D eigenvalue weighted by Crippen LogP contribution is 2.54. The summed E-state index contributed by atoms with van der Waals surface area (Å²) in [5.41, 5.74) is 9.01. The van der Waals surface area contributed by atoms with Crippen molar-refractivity contribution in [3.05, 3.63) is 69.8 Å². The molecule has 30 heavy (non-hydrogen) atoms. The molecule has 0 fully saturated rings. The maximum Gasteiger partial charge on any atom is 0.338 e. The van der Waals surface area contributed by atoms with E-state index in [-0.39, 0.29) is 16.8 Å². The van der Waals surface area contributed by atoms with E-state index in [1.165, 1.54) is 27.8 Å². The number of ether oxygens (including phenoxy) is 1. The summed E-state index contributed by atoms with van der Waals surface area (Å²) in [6.07, 6.45) is 3.23. The van der Waals surface area contributed by atoms with Gasteiger partial charge >= 0.3 is 5.97 Å². The lowest BCUT2D eigenvalue weighted by Gasteiger charge is -2.32. The van der Waals surface area contributed by atoms with Crippen molar-refractivity contribution in [2.45, 2.75) is 72.6 Å². The van der Waals surface area contributed by atoms with E-state index in [1.807, 2.05) is 31.2 Å². The molecule has 2 nitrogen and oxygen atoms in total. The maximum atomic E-state index is 11.9. The number of hydrogen-bond acceptors (Lipinski definition) is 2. The lowest BCUT2D eigenvalue weighted by Crippen LogP contribution is -2.30. The van der Waals surface area contributed by atoms with Crippen LogP contribution in [0.1, 0.15) is 93.6 Å². The van der Waals surface area contributed by atoms with Crippen LogP contribution in [0.5, 0.6) is 0 Å². The second kappa shape index (κ2) is 8.06. The van der Waals surface area contributed by atoms with Crippen molar-refractivity contribution < 1.29 is 9.53 Å². The number of fused-ring (bicyclic) bond motifs is 1. The van der Waals surface area contributed by atoms with Gasteiger partial charge in [-0.2, -0.15) is 0 Å². The topological polar surface area (TPSA) is 26.3 Å². The van der Waals surface area contributed by atoms with Crippen LogP contribution in [0.15, 0.2) is 36.4 Å². The molecule has 0 saturated carbocycles. The third-order valence-corrected chi connectivity index (χ3v) is 7.41. The number of benzene rings is 2. The highest BCUT2D eigenvalue weighted by atomic mass is 16.5. The zero-order valence-electron chi connectivity index (χ0n) is 19.8. The van der Waals surface area contributed by atoms with Gasteiger partial charge in [-0.1, -0.05) is 71.9 Å². The standard InChI is InChI=1S/C28H36O2/c1-9-21-16-24-25(28(7,8)19(4)27(24,5)6)17-23(21)18(3)15-20-11-13-22(14-12-20)26(29)30-10-2/h11-17,19H,9-10H2,1-8H3. The van der Waals surface area contributed by atoms with Gasteiger partial charge in [-0.05, 0) is 82.5 Å². The Morgan fingerprint density at radius 2 is 1.57 bits per heavy atom. The van der Waals surface area contributed by atoms with Crippen LogP contribution in [0.25, 0.3) is 11.6 Å². The molecule has 1 atom stereocenters. The second-order valence-electron chi connectivity index (χ2n) is 9.74. The normalized spacial score (nSPS) is 19.5. The summed E-state index contributed by atoms with van der Waals surface area (Å²) in [7, 11) is 0. The predicted octanol–water partition coefficient (Wildman–Crippen LogP) is 7.19. The van der Waals surface area contributed by atoms with Crippen molar-refractivity contribution in [3.63, 3.8) is 0 Å². The van der Waals surface area contributed by atoms with Crippen LogP contribution < -0.4 is 0 Å². The molecule has 2 heteroatoms. The van der Waals surface area contributed by atoms with E-state index >= 15 is 0 Å². The first-order valence-corrected chi connectivity index (χ1v) is 11.2. The molecule has 1 aliphatic rings. The van der Waals surface area contributed by atoms with Crippen LogP contribution in [-0.4, -0.2) is 12.6 Å². The summed E-state index contributed by atoms with van der Waals surface area (Å²) in [4.78, 5) is 11.9. The highest BCUT2D eigenvalue weighted by Gasteiger charge is 2.48. The number of allylic oxidation sites excluding steroid dienone is 1. The van der Waals surface area contributed by atoms with Gasteiger partial charge in [0.25, 0.3) is 0 Å². The number of hydrogen-bond donors (Lipinski definition) is 0. The second-order valence-corrected chi connectivity index (χ2v) is 9.74. The molecule has 0 heterocycles. The zero-order valence-corrected chi connectivity index (χ0v) is 19.8. The van der Waals surface area contributed by atoms with E-state index in [0.717, 1.165) is 12.0 Å². The van der Waals surface area contributed by atoms with Gasteiger partial charge in [0.2, 0.25) is 0 Å². The molecule has 0 amide bonds. The Hall–Kier alpha value is -2.35. The van der Waals surface area contributed by atoms with Crippen molar-refractivity contribution in [1.82, 2.24) is 0 Å². The first-order chi connectivity index (χ1) is 14.0. The molecule has 2 aromatic carbocycles. The zero-order chi connectivity index (χ0) is 22.3. The van der Waals surface area contributed by atoms with Gasteiger partial charge in [0.15, 0.2) is 0 Å². The molecular weight excluding hydrogens is 368 g/mol. The molecule has 0 spiro atoms. The van der Waals surface area contributed by atoms with E-state index in [0.29, 0.717) is 18.1 Å². The first kappa shape index (κ1) is 22.3. The van der Waals surface area contributed by atoms with E-state index in [9.17, 15) is 4.79 Å². The van der Waals surface area contributed by atoms with Crippen molar-refractivity contribution in [2.75, 3.05) is 6.61 Å². The average Bonchev–Trinajstić information content (AvgIpc) is 2.84. The van der Waals surface area contributed by atoms with E-state index < -0.39 is 0 Å². The molecule has 0 aliphatic heterocycles. The van der Waals surface area contributed by atoms with Crippen molar-refractivity contribution in [2.24, 2.45) is 5.92 Å². The van der Waals surface area contributed by atoms with Crippen LogP contribution in [0.4, 0.5) is 0 Å². The summed E-state index contributed by atoms with van der Waals surface area (Å²) in [5.74, 6) is 0.315. The molecule has 0 saturated heterocycles. The quantitative estimate of drug-likeness (QED) is 0.389. The Balaban J connectivity index is 2.02. The van der Waals surface area contributed by atoms with Gasteiger partial charge < -0.3 is 4.74 Å². The van der Waals surface area contributed by atoms with Crippen molar-refractivity contribution in [3.8, 4) is 0 Å². The highest BCUT2D eigenvalue weighted by molar-refractivity contribution is 5.90. The van der Waals surface area contributed by atoms with Crippen molar-refractivity contribution in [1.29, 1.82) is 0 Å². The molecule has 0 aromatic heterocycles. The summed E-state index contributed by atoms with van der Waals surface area (Å²) >= 11 is 0. The largest absolute Gasteiger partial charge is 0.462 e. The molecule has 0 bridgehead atoms. The molecular formula is C28H36O2. The number of carbonyl (C=O) groups is 1. The summed E-state index contributed by atoms with van der Waals surface area (Å²) in [5, 5.41) is 0. The molecule has 160 valence electrons. The van der Waals surface area contributed by atoms with Crippen molar-refractivity contribution >= 4 is 17.6 Å². The van der Waals surface area contributed by atoms with E-state index in [1.54, 1.807) is 0 Å². The SMILES string of the molecule is CCOC(=O)c1ccc(C=C(C)c2cc3c(cc2CC)C(C)(C)C(C)C3(C)C)cc1. The average molecular weight is 405 g/mol. The van der Waals surface area contributed by atoms with Gasteiger partial charge in [-0.25, -0.2) is 4.79 Å². The Bertz CT molecular complexity index is 974. The fourth-order valence-electron chi connectivity index (χ4n) is 5.00. The van der Waals surface area contributed by atoms with Crippen LogP contribution in [0.2, 0.25) is 0 Å². The number of rotatable bonds is 5. The number of esters is 1. The van der Waals surface area contributed by atoms with Gasteiger partial charge in [-0.15, -0.1) is 0 Å². The third kappa shape index (κ3) is 3.73. The van der Waals surface area contributed by atoms with Crippen LogP contribution in [-0.2, 0) is 22.0 Å². The third-order valence-electron chi connectivity index (χ3n) is 7.41. The smallest absolute Gasteiger partial charge is 0.338 e. The van der Waals surface area contributed by atoms with Gasteiger partial charge in [-0.3, -0.25) is 0 Å². The van der Waals surface area contributed by atoms with Gasteiger partial charge in [0, 0.05) is 0 Å². The first-order valence-electron chi connectivity index (χ1n) is 11.2. The van der Waals surface area contributed by atoms with E-state index in [2.05, 4.69) is 66.7 Å². The monoisotopic (exact) mass is 404 g/mol. The Morgan fingerprint density at radius 3 is 2.10 bits per heavy atom. The minimum Gasteiger partial charge on any atom is -0.462 e. The molecule has 1 aliphatic carbocycles. The van der Waals surface area contributed by atoms with Gasteiger partial charge in [0.1, 0.15) is 0 Å². The van der Waals surface area contributed by atoms with Crippen LogP contribution in [0, 0.1) is 5.92 Å². The number of carbonyl (C=O) groups excluding carboxylic acids is 1. The fraction of sp³-hybridized carbons (Fsp3) is 0.464. The molecule has 2 aromatic rings. The lowest BCUT2D eigenvalue weighted by molar-refractivity contribution is 0.0526. The summed E-state index contributed by atoms with van der Waals surface area (Å²) in [6.45, 7) is 18.6. The molecule has 1 unspecified atom stereocenters. The molecule has 0 N–H and O–H groups in total. The van der Waals surface area contributed by atoms with Crippen LogP contribution >= 0.6 is 0 Å². The molecule has 0 radical (unpaired) electrons. The molecule has 3 rings (SSSR count). The summed E-state index contributed by atoms with van der Waals surface area (Å²) < 4.78 is 5.08. The Kier molecular flexibility index (Phi) is 6.00. The maximum absolute atomic E-state index is 11.9. The van der Waals surface area contributed by atoms with E-state index in [4.69, 9.17) is 4.74 Å². The lowest BCUT2D eigenvalue weighted by atomic mass is 9.71. The Labute approximate surface area is 182 Å². The van der Waals surface area contributed by atoms with Crippen LogP contribution in [0.3, 0.4) is 0 Å². The number of aryl methyl sites for hydroxylation is 1. The van der Waals surface area contributed by atoms with Gasteiger partial charge in [0.05, 0.1) is 12.2 Å². The summed E-state index contributed by atoms with van der Waals surface area (Å²) in [6, 6.07) is 12.6. The Morgan fingerprint density at radius 1 is 1.00 bits per heavy atom. The fourth-order valence-corrected chi connectivity index (χ4v) is 5.00. The minimum absolute atomic E-state index is 0.154.